The molecule has 234 valence electrons. The van der Waals surface area contributed by atoms with Crippen molar-refractivity contribution in [3.63, 3.8) is 0 Å². The monoisotopic (exact) mass is 580 g/mol. The van der Waals surface area contributed by atoms with Crippen molar-refractivity contribution in [3.05, 3.63) is 35.4 Å². The van der Waals surface area contributed by atoms with Crippen molar-refractivity contribution < 1.29 is 24.5 Å². The third kappa shape index (κ3) is 5.53. The van der Waals surface area contributed by atoms with E-state index in [0.717, 1.165) is 36.5 Å². The maximum atomic E-state index is 13.0. The van der Waals surface area contributed by atoms with Crippen LogP contribution >= 0.6 is 0 Å². The molecule has 1 aromatic rings. The number of rotatable bonds is 9. The Bertz CT molecular complexity index is 1160. The van der Waals surface area contributed by atoms with Gasteiger partial charge in [0.1, 0.15) is 6.10 Å². The van der Waals surface area contributed by atoms with E-state index in [1.807, 2.05) is 0 Å². The third-order valence-electron chi connectivity index (χ3n) is 13.0. The topological polar surface area (TPSA) is 76.0 Å². The Morgan fingerprint density at radius 3 is 2.50 bits per heavy atom. The van der Waals surface area contributed by atoms with Crippen molar-refractivity contribution >= 4 is 5.97 Å². The molecule has 0 amide bonds. The minimum atomic E-state index is -0.419. The number of esters is 1. The zero-order chi connectivity index (χ0) is 30.4. The Morgan fingerprint density at radius 1 is 1.05 bits per heavy atom. The first-order valence-corrected chi connectivity index (χ1v) is 16.9. The van der Waals surface area contributed by atoms with E-state index in [9.17, 15) is 15.0 Å². The summed E-state index contributed by atoms with van der Waals surface area (Å²) in [6.45, 7) is 14.6. The highest BCUT2D eigenvalue weighted by Crippen LogP contribution is 2.67. The van der Waals surface area contributed by atoms with Crippen molar-refractivity contribution in [2.45, 2.75) is 118 Å². The Labute approximate surface area is 254 Å². The third-order valence-corrected chi connectivity index (χ3v) is 13.0. The number of methoxy groups -OCH3 is 1. The molecule has 0 aliphatic heterocycles. The number of phenolic OH excluding ortho intramolecular Hbond substituents is 1. The van der Waals surface area contributed by atoms with Gasteiger partial charge in [-0.05, 0) is 115 Å². The number of fused-ring (bicyclic) bond motifs is 5. The number of ether oxygens (including phenoxy) is 2. The lowest BCUT2D eigenvalue weighted by Gasteiger charge is -2.59. The van der Waals surface area contributed by atoms with Gasteiger partial charge in [-0.1, -0.05) is 66.0 Å². The molecule has 5 nitrogen and oxygen atoms in total. The number of aliphatic hydroxyl groups is 1. The van der Waals surface area contributed by atoms with E-state index in [4.69, 9.17) is 9.47 Å². The van der Waals surface area contributed by atoms with E-state index in [0.29, 0.717) is 35.2 Å². The Balaban J connectivity index is 1.28. The molecule has 2 N–H and O–H groups in total. The van der Waals surface area contributed by atoms with Crippen LogP contribution in [0.4, 0.5) is 0 Å². The molecule has 0 radical (unpaired) electrons. The van der Waals surface area contributed by atoms with E-state index >= 15 is 0 Å². The fourth-order valence-electron chi connectivity index (χ4n) is 10.4. The summed E-state index contributed by atoms with van der Waals surface area (Å²) in [4.78, 5) is 13.0. The van der Waals surface area contributed by atoms with Gasteiger partial charge in [-0.3, -0.25) is 0 Å². The van der Waals surface area contributed by atoms with E-state index in [2.05, 4.69) is 47.6 Å². The summed E-state index contributed by atoms with van der Waals surface area (Å²) in [6, 6.07) is 4.56. The van der Waals surface area contributed by atoms with E-state index in [1.165, 1.54) is 69.8 Å². The first-order chi connectivity index (χ1) is 19.9. The van der Waals surface area contributed by atoms with Crippen molar-refractivity contribution in [1.82, 2.24) is 0 Å². The predicted octanol–water partition coefficient (Wildman–Crippen LogP) is 8.57. The van der Waals surface area contributed by atoms with Crippen molar-refractivity contribution in [2.75, 3.05) is 7.11 Å². The van der Waals surface area contributed by atoms with Crippen LogP contribution in [0.15, 0.2) is 29.8 Å². The fourth-order valence-corrected chi connectivity index (χ4v) is 10.4. The molecular formula is C37H56O5. The number of aliphatic hydroxyl groups excluding tert-OH is 1. The number of hydrogen-bond acceptors (Lipinski definition) is 5. The molecule has 0 saturated heterocycles. The number of hydrogen-bond donors (Lipinski definition) is 2. The van der Waals surface area contributed by atoms with Gasteiger partial charge in [0, 0.05) is 6.42 Å². The SMILES string of the molecule is CC[C@H](CC[C@@H](C)[C@H]1CC[C@H]2[C@@H]3[C@@H](O)C=C4C[C@@H](OC(=O)c5ccc(O)c(OC)c5)CC[C@]4(C)[C@H]3CC[C@]12C)C(C)C. The summed E-state index contributed by atoms with van der Waals surface area (Å²) in [5, 5.41) is 21.6. The summed E-state index contributed by atoms with van der Waals surface area (Å²) in [5.74, 6) is 4.36. The fraction of sp³-hybridized carbons (Fsp3) is 0.757. The van der Waals surface area contributed by atoms with Gasteiger partial charge in [0.15, 0.2) is 11.5 Å². The number of carbonyl (C=O) groups excluding carboxylic acids is 1. The molecule has 5 rings (SSSR count). The molecule has 0 spiro atoms. The number of carbonyl (C=O) groups is 1. The van der Waals surface area contributed by atoms with Crippen LogP contribution in [0.3, 0.4) is 0 Å². The molecule has 5 heteroatoms. The molecule has 0 aromatic heterocycles. The lowest BCUT2D eigenvalue weighted by Crippen LogP contribution is -2.55. The van der Waals surface area contributed by atoms with Crippen LogP contribution in [0, 0.1) is 52.3 Å². The number of benzene rings is 1. The predicted molar refractivity (Wildman–Crippen MR) is 167 cm³/mol. The highest BCUT2D eigenvalue weighted by atomic mass is 16.5. The lowest BCUT2D eigenvalue weighted by atomic mass is 9.46. The van der Waals surface area contributed by atoms with Gasteiger partial charge in [0.25, 0.3) is 0 Å². The second-order valence-electron chi connectivity index (χ2n) is 15.2. The molecule has 10 atom stereocenters. The van der Waals surface area contributed by atoms with E-state index < -0.39 is 12.1 Å². The Hall–Kier alpha value is -2.01. The van der Waals surface area contributed by atoms with Crippen molar-refractivity contribution in [1.29, 1.82) is 0 Å². The minimum Gasteiger partial charge on any atom is -0.504 e. The van der Waals surface area contributed by atoms with E-state index in [-0.39, 0.29) is 23.0 Å². The summed E-state index contributed by atoms with van der Waals surface area (Å²) in [6.07, 6.45) is 13.0. The molecule has 0 bridgehead atoms. The first kappa shape index (κ1) is 31.4. The summed E-state index contributed by atoms with van der Waals surface area (Å²) in [7, 11) is 1.47. The average Bonchev–Trinajstić information content (AvgIpc) is 3.31. The van der Waals surface area contributed by atoms with Crippen LogP contribution in [0.2, 0.25) is 0 Å². The van der Waals surface area contributed by atoms with Gasteiger partial charge in [0.05, 0.1) is 18.8 Å². The molecule has 1 aromatic carbocycles. The number of aromatic hydroxyl groups is 1. The molecule has 3 saturated carbocycles. The molecule has 4 aliphatic rings. The van der Waals surface area contributed by atoms with Crippen LogP contribution in [-0.4, -0.2) is 35.5 Å². The van der Waals surface area contributed by atoms with E-state index in [1.54, 1.807) is 6.07 Å². The summed E-state index contributed by atoms with van der Waals surface area (Å²) < 4.78 is 11.1. The van der Waals surface area contributed by atoms with Crippen LogP contribution < -0.4 is 4.74 Å². The van der Waals surface area contributed by atoms with Gasteiger partial charge in [-0.2, -0.15) is 0 Å². The normalized spacial score (nSPS) is 37.2. The zero-order valence-corrected chi connectivity index (χ0v) is 27.2. The second kappa shape index (κ2) is 12.2. The van der Waals surface area contributed by atoms with Gasteiger partial charge >= 0.3 is 5.97 Å². The van der Waals surface area contributed by atoms with Crippen molar-refractivity contribution in [2.24, 2.45) is 52.3 Å². The molecule has 3 fully saturated rings. The molecule has 42 heavy (non-hydrogen) atoms. The molecule has 0 heterocycles. The number of phenols is 1. The smallest absolute Gasteiger partial charge is 0.338 e. The van der Waals surface area contributed by atoms with Crippen molar-refractivity contribution in [3.8, 4) is 11.5 Å². The zero-order valence-electron chi connectivity index (χ0n) is 27.2. The second-order valence-corrected chi connectivity index (χ2v) is 15.2. The van der Waals surface area contributed by atoms with Crippen LogP contribution in [0.5, 0.6) is 11.5 Å². The summed E-state index contributed by atoms with van der Waals surface area (Å²) >= 11 is 0. The highest BCUT2D eigenvalue weighted by molar-refractivity contribution is 5.90. The largest absolute Gasteiger partial charge is 0.504 e. The van der Waals surface area contributed by atoms with Gasteiger partial charge in [0.2, 0.25) is 0 Å². The molecule has 0 unspecified atom stereocenters. The van der Waals surface area contributed by atoms with Crippen LogP contribution in [0.1, 0.15) is 116 Å². The van der Waals surface area contributed by atoms with Gasteiger partial charge in [-0.25, -0.2) is 4.79 Å². The first-order valence-electron chi connectivity index (χ1n) is 16.9. The highest BCUT2D eigenvalue weighted by Gasteiger charge is 2.61. The van der Waals surface area contributed by atoms with Crippen LogP contribution in [-0.2, 0) is 4.74 Å². The molecular weight excluding hydrogens is 524 g/mol. The van der Waals surface area contributed by atoms with Gasteiger partial charge < -0.3 is 19.7 Å². The maximum Gasteiger partial charge on any atom is 0.338 e. The maximum absolute atomic E-state index is 13.0. The van der Waals surface area contributed by atoms with Gasteiger partial charge in [-0.15, -0.1) is 0 Å². The Kier molecular flexibility index (Phi) is 9.11. The van der Waals surface area contributed by atoms with Crippen LogP contribution in [0.25, 0.3) is 0 Å². The minimum absolute atomic E-state index is 0.00117. The summed E-state index contributed by atoms with van der Waals surface area (Å²) in [5.41, 5.74) is 2.04. The molecule has 4 aliphatic carbocycles. The average molecular weight is 581 g/mol. The quantitative estimate of drug-likeness (QED) is 0.226. The standard InChI is InChI=1S/C37H56O5/c1-8-24(22(2)3)10-9-23(4)28-12-13-29-34-30(16-18-37(28,29)6)36(5)17-15-27(20-26(36)21-32(34)39)42-35(40)25-11-14-31(38)33(19-25)41-7/h11,14,19,21-24,27-30,32,34,38-39H,8-10,12-13,15-18,20H2,1-7H3/t23-,24-,27+,28-,29+,30+,32+,34+,36+,37-/m1/s1. The lowest BCUT2D eigenvalue weighted by molar-refractivity contribution is -0.0979. The Morgan fingerprint density at radius 2 is 1.81 bits per heavy atom.